The zero-order valence-electron chi connectivity index (χ0n) is 20.4. The molecule has 5 rings (SSSR count). The largest absolute Gasteiger partial charge is 1.00 e. The Hall–Kier alpha value is -1.59. The molecule has 2 amide bonds. The number of amides is 2. The van der Waals surface area contributed by atoms with Crippen LogP contribution in [0.2, 0.25) is 0 Å². The maximum absolute atomic E-state index is 13.2. The van der Waals surface area contributed by atoms with E-state index in [-0.39, 0.29) is 37.5 Å². The molecule has 0 atom stereocenters. The number of anilines is 2. The van der Waals surface area contributed by atoms with Gasteiger partial charge in [-0.15, -0.1) is 0 Å². The quantitative estimate of drug-likeness (QED) is 0.498. The van der Waals surface area contributed by atoms with Crippen molar-refractivity contribution in [2.75, 3.05) is 35.8 Å². The van der Waals surface area contributed by atoms with E-state index in [9.17, 15) is 13.2 Å². The average molecular weight is 483 g/mol. The zero-order chi connectivity index (χ0) is 22.3. The van der Waals surface area contributed by atoms with Gasteiger partial charge >= 0.3 is 45.8 Å². The molecule has 1 aromatic carbocycles. The fraction of sp³-hybridized carbons (Fsp3) is 0.545. The summed E-state index contributed by atoms with van der Waals surface area (Å²) in [4.78, 5) is 15.1. The first kappa shape index (κ1) is 24.5. The van der Waals surface area contributed by atoms with Crippen molar-refractivity contribution in [2.45, 2.75) is 44.9 Å². The molecule has 1 aromatic heterocycles. The number of hydrogen-bond donors (Lipinski definition) is 2. The fourth-order valence-corrected chi connectivity index (χ4v) is 6.13. The summed E-state index contributed by atoms with van der Waals surface area (Å²) in [6.07, 6.45) is 10.3. The molecule has 2 aliphatic carbocycles. The number of aryl methyl sites for hydroxylation is 3. The van der Waals surface area contributed by atoms with Gasteiger partial charge in [-0.1, -0.05) is 6.07 Å². The number of benzene rings is 1. The Kier molecular flexibility index (Phi) is 7.40. The summed E-state index contributed by atoms with van der Waals surface area (Å²) in [5.74, 6) is 0. The molecule has 9 nitrogen and oxygen atoms in total. The van der Waals surface area contributed by atoms with Crippen LogP contribution in [-0.4, -0.2) is 55.3 Å². The molecule has 33 heavy (non-hydrogen) atoms. The van der Waals surface area contributed by atoms with Crippen molar-refractivity contribution >= 4 is 27.6 Å². The molecule has 0 radical (unpaired) electrons. The summed E-state index contributed by atoms with van der Waals surface area (Å²) in [6.45, 7) is 2.81. The Morgan fingerprint density at radius 1 is 1.12 bits per heavy atom. The van der Waals surface area contributed by atoms with Crippen LogP contribution in [0.3, 0.4) is 0 Å². The summed E-state index contributed by atoms with van der Waals surface area (Å²) < 4.78 is 31.5. The summed E-state index contributed by atoms with van der Waals surface area (Å²) in [6, 6.07) is 1.57. The van der Waals surface area contributed by atoms with Gasteiger partial charge in [0.05, 0.1) is 11.9 Å². The van der Waals surface area contributed by atoms with Crippen LogP contribution in [0.1, 0.15) is 42.9 Å². The molecule has 2 N–H and O–H groups in total. The van der Waals surface area contributed by atoms with Gasteiger partial charge in [-0.25, -0.2) is 13.8 Å². The molecule has 0 unspecified atom stereocenters. The Morgan fingerprint density at radius 3 is 2.33 bits per heavy atom. The normalized spacial score (nSPS) is 17.0. The molecule has 1 aliphatic heterocycles. The third-order valence-electron chi connectivity index (χ3n) is 6.77. The molecular weight excluding hydrogens is 451 g/mol. The van der Waals surface area contributed by atoms with Gasteiger partial charge in [-0.2, -0.15) is 13.5 Å². The summed E-state index contributed by atoms with van der Waals surface area (Å²) in [5, 5.41) is 7.02. The van der Waals surface area contributed by atoms with Gasteiger partial charge in [0.25, 0.3) is 0 Å². The minimum atomic E-state index is -4.10. The first-order chi connectivity index (χ1) is 15.4. The fourth-order valence-electron chi connectivity index (χ4n) is 5.04. The van der Waals surface area contributed by atoms with Crippen molar-refractivity contribution in [3.05, 3.63) is 40.7 Å². The molecule has 11 heteroatoms. The number of hydrogen-bond acceptors (Lipinski definition) is 5. The minimum Gasteiger partial charge on any atom is -1.00 e. The van der Waals surface area contributed by atoms with Crippen molar-refractivity contribution in [1.82, 2.24) is 19.4 Å². The Morgan fingerprint density at radius 2 is 1.79 bits per heavy atom. The maximum Gasteiger partial charge on any atom is 1.00 e. The van der Waals surface area contributed by atoms with E-state index < -0.39 is 16.2 Å². The van der Waals surface area contributed by atoms with Crippen LogP contribution in [0.5, 0.6) is 0 Å². The molecule has 2 aromatic rings. The minimum absolute atomic E-state index is 0. The number of likely N-dealkylation sites (tertiary alicyclic amines) is 1. The molecular formula is C22H31N6NaO3S. The number of aromatic nitrogens is 2. The topological polar surface area (TPSA) is 99.6 Å². The number of rotatable bonds is 7. The van der Waals surface area contributed by atoms with E-state index in [0.29, 0.717) is 12.2 Å². The maximum atomic E-state index is 13.2. The summed E-state index contributed by atoms with van der Waals surface area (Å²) in [7, 11) is -2.36. The van der Waals surface area contributed by atoms with Crippen LogP contribution in [0.4, 0.5) is 16.2 Å². The first-order valence-electron chi connectivity index (χ1n) is 11.4. The third-order valence-corrected chi connectivity index (χ3v) is 8.19. The van der Waals surface area contributed by atoms with E-state index >= 15 is 0 Å². The Bertz CT molecular complexity index is 1120. The van der Waals surface area contributed by atoms with Gasteiger partial charge in [0.1, 0.15) is 0 Å². The number of fused-ring (bicyclic) bond motifs is 2. The van der Waals surface area contributed by atoms with E-state index in [1.54, 1.807) is 17.9 Å². The smallest absolute Gasteiger partial charge is 1.00 e. The molecule has 0 saturated carbocycles. The second-order valence-electron chi connectivity index (χ2n) is 8.93. The van der Waals surface area contributed by atoms with Crippen molar-refractivity contribution in [2.24, 2.45) is 7.05 Å². The van der Waals surface area contributed by atoms with E-state index in [1.807, 2.05) is 0 Å². The molecule has 3 aliphatic rings. The number of carbonyl (C=O) groups is 1. The molecule has 174 valence electrons. The second-order valence-corrected chi connectivity index (χ2v) is 10.5. The summed E-state index contributed by atoms with van der Waals surface area (Å²) in [5.41, 5.74) is 6.18. The standard InChI is InChI=1S/C22H30N6O3S.Na.H/c1-26-15-18(14-23-26)28(12-11-27-9-4-10-27)32(30,31)25-22(29)24-21-19-7-2-5-16(19)13-17-6-3-8-20(17)21;;/h13-15H,2-12H2,1H3,(H2,24,25,29);;/q;+1;-1. The van der Waals surface area contributed by atoms with Gasteiger partial charge in [0.2, 0.25) is 0 Å². The average Bonchev–Trinajstić information content (AvgIpc) is 3.43. The summed E-state index contributed by atoms with van der Waals surface area (Å²) >= 11 is 0. The van der Waals surface area contributed by atoms with E-state index in [4.69, 9.17) is 0 Å². The third kappa shape index (κ3) is 5.09. The van der Waals surface area contributed by atoms with E-state index in [1.165, 1.54) is 32.8 Å². The monoisotopic (exact) mass is 482 g/mol. The van der Waals surface area contributed by atoms with Gasteiger partial charge in [0, 0.05) is 32.0 Å². The van der Waals surface area contributed by atoms with Crippen molar-refractivity contribution in [3.8, 4) is 0 Å². The van der Waals surface area contributed by atoms with Gasteiger partial charge in [-0.05, 0) is 80.3 Å². The molecule has 1 fully saturated rings. The van der Waals surface area contributed by atoms with Crippen LogP contribution >= 0.6 is 0 Å². The van der Waals surface area contributed by atoms with Gasteiger partial charge in [0.15, 0.2) is 0 Å². The molecule has 1 saturated heterocycles. The number of carbonyl (C=O) groups excluding carboxylic acids is 1. The van der Waals surface area contributed by atoms with Crippen LogP contribution < -0.4 is 43.9 Å². The predicted octanol–water partition coefficient (Wildman–Crippen LogP) is -0.907. The van der Waals surface area contributed by atoms with Crippen molar-refractivity contribution in [3.63, 3.8) is 0 Å². The van der Waals surface area contributed by atoms with Crippen LogP contribution in [0, 0.1) is 0 Å². The zero-order valence-corrected chi connectivity index (χ0v) is 22.2. The number of urea groups is 1. The van der Waals surface area contributed by atoms with Crippen LogP contribution in [-0.2, 0) is 42.9 Å². The number of nitrogens with zero attached hydrogens (tertiary/aromatic N) is 4. The Labute approximate surface area is 218 Å². The van der Waals surface area contributed by atoms with E-state index in [2.05, 4.69) is 26.1 Å². The SMILES string of the molecule is Cn1cc(N(CCN2CCC2)S(=O)(=O)NC(=O)Nc2c3c(cc4c2CCC4)CCC3)cn1.[H-].[Na+]. The predicted molar refractivity (Wildman–Crippen MR) is 124 cm³/mol. The van der Waals surface area contributed by atoms with Gasteiger partial charge < -0.3 is 11.6 Å². The van der Waals surface area contributed by atoms with E-state index in [0.717, 1.165) is 63.7 Å². The van der Waals surface area contributed by atoms with Crippen molar-refractivity contribution in [1.29, 1.82) is 0 Å². The molecule has 2 heterocycles. The number of nitrogens with one attached hydrogen (secondary N) is 2. The first-order valence-corrected chi connectivity index (χ1v) is 12.8. The van der Waals surface area contributed by atoms with Crippen molar-refractivity contribution < 1.29 is 44.2 Å². The van der Waals surface area contributed by atoms with Crippen LogP contribution in [0.15, 0.2) is 18.5 Å². The van der Waals surface area contributed by atoms with Crippen LogP contribution in [0.25, 0.3) is 0 Å². The molecule has 0 bridgehead atoms. The second kappa shape index (κ2) is 9.95. The molecule has 0 spiro atoms. The van der Waals surface area contributed by atoms with Gasteiger partial charge in [-0.3, -0.25) is 4.68 Å². The Balaban J connectivity index is 0.00000162.